The number of hydrogen-bond acceptors (Lipinski definition) is 5. The highest BCUT2D eigenvalue weighted by molar-refractivity contribution is 5.81. The van der Waals surface area contributed by atoms with Gasteiger partial charge in [-0.05, 0) is 45.2 Å². The van der Waals surface area contributed by atoms with Crippen LogP contribution in [0.1, 0.15) is 39.5 Å². The summed E-state index contributed by atoms with van der Waals surface area (Å²) in [6.07, 6.45) is 3.90. The highest BCUT2D eigenvalue weighted by atomic mass is 16.5. The standard InChI is InChI=1S/C16H31N3O2/c1-3-18-10-12-19(13-11-18)9-7-14-6-5-8-16(14,17)15(20)21-4-2/h14H,3-13,17H2,1-2H3. The molecular formula is C16H31N3O2. The summed E-state index contributed by atoms with van der Waals surface area (Å²) in [5.41, 5.74) is 5.66. The Balaban J connectivity index is 1.81. The molecule has 0 aromatic heterocycles. The van der Waals surface area contributed by atoms with Crippen molar-refractivity contribution >= 4 is 5.97 Å². The minimum absolute atomic E-state index is 0.191. The molecular weight excluding hydrogens is 266 g/mol. The van der Waals surface area contributed by atoms with E-state index >= 15 is 0 Å². The first-order chi connectivity index (χ1) is 10.1. The largest absolute Gasteiger partial charge is 0.465 e. The fourth-order valence-corrected chi connectivity index (χ4v) is 3.71. The van der Waals surface area contributed by atoms with Crippen molar-refractivity contribution < 1.29 is 9.53 Å². The normalized spacial score (nSPS) is 31.5. The number of carbonyl (C=O) groups excluding carboxylic acids is 1. The number of likely N-dealkylation sites (N-methyl/N-ethyl adjacent to an activating group) is 1. The summed E-state index contributed by atoms with van der Waals surface area (Å²) in [6.45, 7) is 11.3. The molecule has 2 rings (SSSR count). The van der Waals surface area contributed by atoms with Crippen molar-refractivity contribution in [3.8, 4) is 0 Å². The van der Waals surface area contributed by atoms with Crippen LogP contribution in [0.4, 0.5) is 0 Å². The first-order valence-corrected chi connectivity index (χ1v) is 8.51. The van der Waals surface area contributed by atoms with Gasteiger partial charge in [-0.15, -0.1) is 0 Å². The van der Waals surface area contributed by atoms with Crippen LogP contribution < -0.4 is 5.73 Å². The quantitative estimate of drug-likeness (QED) is 0.743. The van der Waals surface area contributed by atoms with Gasteiger partial charge in [0, 0.05) is 26.2 Å². The molecule has 0 aromatic rings. The molecule has 0 radical (unpaired) electrons. The molecule has 5 heteroatoms. The fourth-order valence-electron chi connectivity index (χ4n) is 3.71. The number of rotatable bonds is 6. The Morgan fingerprint density at radius 3 is 2.52 bits per heavy atom. The van der Waals surface area contributed by atoms with Crippen LogP contribution in [0, 0.1) is 5.92 Å². The van der Waals surface area contributed by atoms with Crippen molar-refractivity contribution in [3.63, 3.8) is 0 Å². The fraction of sp³-hybridized carbons (Fsp3) is 0.938. The Morgan fingerprint density at radius 2 is 1.90 bits per heavy atom. The third-order valence-corrected chi connectivity index (χ3v) is 5.23. The molecule has 2 atom stereocenters. The maximum absolute atomic E-state index is 12.1. The molecule has 2 fully saturated rings. The van der Waals surface area contributed by atoms with Crippen molar-refractivity contribution in [1.82, 2.24) is 9.80 Å². The van der Waals surface area contributed by atoms with Crippen molar-refractivity contribution in [1.29, 1.82) is 0 Å². The van der Waals surface area contributed by atoms with Crippen LogP contribution in [0.2, 0.25) is 0 Å². The number of nitrogens with zero attached hydrogens (tertiary/aromatic N) is 2. The van der Waals surface area contributed by atoms with Crippen molar-refractivity contribution in [2.45, 2.75) is 45.1 Å². The molecule has 0 bridgehead atoms. The minimum atomic E-state index is -0.735. The lowest BCUT2D eigenvalue weighted by Gasteiger charge is -2.36. The lowest BCUT2D eigenvalue weighted by atomic mass is 9.85. The molecule has 0 amide bonds. The second-order valence-corrected chi connectivity index (χ2v) is 6.41. The van der Waals surface area contributed by atoms with Gasteiger partial charge >= 0.3 is 5.97 Å². The SMILES string of the molecule is CCOC(=O)C1(N)CCCC1CCN1CCN(CC)CC1. The van der Waals surface area contributed by atoms with Crippen molar-refractivity contribution in [3.05, 3.63) is 0 Å². The maximum Gasteiger partial charge on any atom is 0.326 e. The topological polar surface area (TPSA) is 58.8 Å². The summed E-state index contributed by atoms with van der Waals surface area (Å²) < 4.78 is 5.20. The summed E-state index contributed by atoms with van der Waals surface area (Å²) in [5.74, 6) is 0.0871. The van der Waals surface area contributed by atoms with Crippen LogP contribution in [0.15, 0.2) is 0 Å². The van der Waals surface area contributed by atoms with E-state index in [2.05, 4.69) is 16.7 Å². The molecule has 21 heavy (non-hydrogen) atoms. The predicted octanol–water partition coefficient (Wildman–Crippen LogP) is 1.07. The van der Waals surface area contributed by atoms with Crippen molar-refractivity contribution in [2.24, 2.45) is 11.7 Å². The molecule has 2 N–H and O–H groups in total. The van der Waals surface area contributed by atoms with E-state index in [1.807, 2.05) is 6.92 Å². The molecule has 2 unspecified atom stereocenters. The smallest absolute Gasteiger partial charge is 0.326 e. The Kier molecular flexibility index (Phi) is 6.02. The first-order valence-electron chi connectivity index (χ1n) is 8.51. The van der Waals surface area contributed by atoms with E-state index in [4.69, 9.17) is 10.5 Å². The third kappa shape index (κ3) is 3.96. The Bertz CT molecular complexity index is 342. The number of carbonyl (C=O) groups is 1. The average molecular weight is 297 g/mol. The zero-order valence-corrected chi connectivity index (χ0v) is 13.6. The van der Waals surface area contributed by atoms with Gasteiger partial charge in [0.1, 0.15) is 5.54 Å². The summed E-state index contributed by atoms with van der Waals surface area (Å²) in [6, 6.07) is 0. The first kappa shape index (κ1) is 16.7. The molecule has 1 heterocycles. The highest BCUT2D eigenvalue weighted by Crippen LogP contribution is 2.37. The average Bonchev–Trinajstić information content (AvgIpc) is 2.88. The maximum atomic E-state index is 12.1. The Morgan fingerprint density at radius 1 is 1.24 bits per heavy atom. The second kappa shape index (κ2) is 7.56. The van der Waals surface area contributed by atoms with E-state index < -0.39 is 5.54 Å². The van der Waals surface area contributed by atoms with Gasteiger partial charge in [-0.1, -0.05) is 13.3 Å². The van der Waals surface area contributed by atoms with Gasteiger partial charge in [-0.25, -0.2) is 0 Å². The molecule has 5 nitrogen and oxygen atoms in total. The Labute approximate surface area is 128 Å². The molecule has 0 aromatic carbocycles. The molecule has 0 spiro atoms. The van der Waals surface area contributed by atoms with Crippen LogP contribution in [0.5, 0.6) is 0 Å². The van der Waals surface area contributed by atoms with E-state index in [-0.39, 0.29) is 11.9 Å². The van der Waals surface area contributed by atoms with Gasteiger partial charge in [0.15, 0.2) is 0 Å². The van der Waals surface area contributed by atoms with Gasteiger partial charge < -0.3 is 20.3 Å². The molecule has 2 aliphatic rings. The van der Waals surface area contributed by atoms with Gasteiger partial charge in [0.2, 0.25) is 0 Å². The molecule has 1 saturated carbocycles. The van der Waals surface area contributed by atoms with Crippen LogP contribution >= 0.6 is 0 Å². The van der Waals surface area contributed by atoms with E-state index in [0.717, 1.165) is 65.0 Å². The zero-order valence-electron chi connectivity index (χ0n) is 13.6. The summed E-state index contributed by atoms with van der Waals surface area (Å²) in [4.78, 5) is 17.1. The number of hydrogen-bond donors (Lipinski definition) is 1. The van der Waals surface area contributed by atoms with Crippen molar-refractivity contribution in [2.75, 3.05) is 45.9 Å². The molecule has 1 aliphatic heterocycles. The van der Waals surface area contributed by atoms with Crippen LogP contribution in [0.25, 0.3) is 0 Å². The number of esters is 1. The van der Waals surface area contributed by atoms with Gasteiger partial charge in [0.05, 0.1) is 6.61 Å². The number of piperazine rings is 1. The summed E-state index contributed by atoms with van der Waals surface area (Å²) in [7, 11) is 0. The molecule has 122 valence electrons. The van der Waals surface area contributed by atoms with Crippen LogP contribution in [-0.4, -0.2) is 67.2 Å². The van der Waals surface area contributed by atoms with Gasteiger partial charge in [-0.2, -0.15) is 0 Å². The summed E-state index contributed by atoms with van der Waals surface area (Å²) in [5, 5.41) is 0. The van der Waals surface area contributed by atoms with E-state index in [1.54, 1.807) is 0 Å². The summed E-state index contributed by atoms with van der Waals surface area (Å²) >= 11 is 0. The number of nitrogens with two attached hydrogens (primary N) is 1. The lowest BCUT2D eigenvalue weighted by molar-refractivity contribution is -0.151. The number of ether oxygens (including phenoxy) is 1. The lowest BCUT2D eigenvalue weighted by Crippen LogP contribution is -2.53. The minimum Gasteiger partial charge on any atom is -0.465 e. The zero-order chi connectivity index (χ0) is 15.3. The van der Waals surface area contributed by atoms with Crippen LogP contribution in [-0.2, 0) is 9.53 Å². The second-order valence-electron chi connectivity index (χ2n) is 6.41. The van der Waals surface area contributed by atoms with Gasteiger partial charge in [-0.3, -0.25) is 4.79 Å². The third-order valence-electron chi connectivity index (χ3n) is 5.23. The van der Waals surface area contributed by atoms with Gasteiger partial charge in [0.25, 0.3) is 0 Å². The molecule has 1 saturated heterocycles. The van der Waals surface area contributed by atoms with E-state index in [1.165, 1.54) is 0 Å². The highest BCUT2D eigenvalue weighted by Gasteiger charge is 2.46. The predicted molar refractivity (Wildman–Crippen MR) is 84.1 cm³/mol. The molecule has 1 aliphatic carbocycles. The monoisotopic (exact) mass is 297 g/mol. The Hall–Kier alpha value is -0.650. The van der Waals surface area contributed by atoms with E-state index in [0.29, 0.717) is 6.61 Å². The van der Waals surface area contributed by atoms with E-state index in [9.17, 15) is 4.79 Å². The van der Waals surface area contributed by atoms with Crippen LogP contribution in [0.3, 0.4) is 0 Å².